The molecule has 2 aliphatic rings. The first-order chi connectivity index (χ1) is 7.63. The Bertz CT molecular complexity index is 255. The van der Waals surface area contributed by atoms with E-state index < -0.39 is 5.60 Å². The number of ether oxygens (including phenoxy) is 1. The molecule has 2 aliphatic heterocycles. The first-order valence-electron chi connectivity index (χ1n) is 6.25. The van der Waals surface area contributed by atoms with Gasteiger partial charge in [-0.25, -0.2) is 0 Å². The largest absolute Gasteiger partial charge is 0.386 e. The van der Waals surface area contributed by atoms with Gasteiger partial charge in [-0.3, -0.25) is 4.79 Å². The van der Waals surface area contributed by atoms with E-state index in [1.165, 1.54) is 0 Å². The van der Waals surface area contributed by atoms with Crippen LogP contribution in [0.4, 0.5) is 0 Å². The zero-order valence-electron chi connectivity index (χ0n) is 9.95. The lowest BCUT2D eigenvalue weighted by molar-refractivity contribution is -0.159. The Morgan fingerprint density at radius 2 is 2.25 bits per heavy atom. The van der Waals surface area contributed by atoms with Crippen molar-refractivity contribution in [2.45, 2.75) is 50.7 Å². The number of amides is 1. The standard InChI is InChI=1S/C12H21NO3/c1-2-12(15)8-13(9-12)11(14)7-10-5-3-4-6-16-10/h10,15H,2-9H2,1H3. The first kappa shape index (κ1) is 11.9. The molecule has 2 rings (SSSR count). The van der Waals surface area contributed by atoms with Crippen LogP contribution < -0.4 is 0 Å². The van der Waals surface area contributed by atoms with E-state index in [-0.39, 0.29) is 12.0 Å². The van der Waals surface area contributed by atoms with E-state index in [1.54, 1.807) is 4.90 Å². The van der Waals surface area contributed by atoms with Gasteiger partial charge in [-0.1, -0.05) is 6.92 Å². The molecule has 2 heterocycles. The molecule has 1 atom stereocenters. The highest BCUT2D eigenvalue weighted by Gasteiger charge is 2.42. The topological polar surface area (TPSA) is 49.8 Å². The van der Waals surface area contributed by atoms with Gasteiger partial charge < -0.3 is 14.7 Å². The van der Waals surface area contributed by atoms with E-state index in [0.29, 0.717) is 19.5 Å². The number of β-amino-alcohol motifs (C(OH)–C–C–N with tert-alkyl or cyclic N) is 1. The van der Waals surface area contributed by atoms with Gasteiger partial charge in [0.15, 0.2) is 0 Å². The molecule has 92 valence electrons. The van der Waals surface area contributed by atoms with Crippen LogP contribution in [0.1, 0.15) is 39.0 Å². The van der Waals surface area contributed by atoms with Crippen LogP contribution >= 0.6 is 0 Å². The molecule has 0 aliphatic carbocycles. The molecule has 0 saturated carbocycles. The minimum atomic E-state index is -0.622. The number of carbonyl (C=O) groups is 1. The van der Waals surface area contributed by atoms with Gasteiger partial charge in [-0.2, -0.15) is 0 Å². The summed E-state index contributed by atoms with van der Waals surface area (Å²) >= 11 is 0. The van der Waals surface area contributed by atoms with Gasteiger partial charge in [0.2, 0.25) is 5.91 Å². The monoisotopic (exact) mass is 227 g/mol. The van der Waals surface area contributed by atoms with Crippen LogP contribution in [0.2, 0.25) is 0 Å². The lowest BCUT2D eigenvalue weighted by atomic mass is 9.90. The summed E-state index contributed by atoms with van der Waals surface area (Å²) in [4.78, 5) is 13.6. The summed E-state index contributed by atoms with van der Waals surface area (Å²) in [5.41, 5.74) is -0.622. The highest BCUT2D eigenvalue weighted by Crippen LogP contribution is 2.26. The minimum absolute atomic E-state index is 0.108. The molecule has 4 nitrogen and oxygen atoms in total. The molecule has 2 fully saturated rings. The third-order valence-corrected chi connectivity index (χ3v) is 3.66. The minimum Gasteiger partial charge on any atom is -0.386 e. The molecule has 0 aromatic heterocycles. The van der Waals surface area contributed by atoms with E-state index in [2.05, 4.69) is 0 Å². The fraction of sp³-hybridized carbons (Fsp3) is 0.917. The molecule has 0 aromatic rings. The SMILES string of the molecule is CCC1(O)CN(C(=O)CC2CCCCO2)C1. The van der Waals surface area contributed by atoms with Crippen LogP contribution in [-0.4, -0.2) is 47.3 Å². The number of rotatable bonds is 3. The Hall–Kier alpha value is -0.610. The summed E-state index contributed by atoms with van der Waals surface area (Å²) in [5, 5.41) is 9.82. The second-order valence-electron chi connectivity index (χ2n) is 5.02. The van der Waals surface area contributed by atoms with Crippen molar-refractivity contribution < 1.29 is 14.6 Å². The van der Waals surface area contributed by atoms with Gasteiger partial charge in [0.1, 0.15) is 0 Å². The van der Waals surface area contributed by atoms with Crippen LogP contribution in [0.3, 0.4) is 0 Å². The molecule has 16 heavy (non-hydrogen) atoms. The van der Waals surface area contributed by atoms with Crippen LogP contribution in [0.25, 0.3) is 0 Å². The second kappa shape index (κ2) is 4.72. The normalized spacial score (nSPS) is 28.6. The lowest BCUT2D eigenvalue weighted by Gasteiger charge is -2.46. The number of likely N-dealkylation sites (tertiary alicyclic amines) is 1. The molecule has 1 N–H and O–H groups in total. The molecule has 1 unspecified atom stereocenters. The fourth-order valence-electron chi connectivity index (χ4n) is 2.36. The summed E-state index contributed by atoms with van der Waals surface area (Å²) in [5.74, 6) is 0.130. The highest BCUT2D eigenvalue weighted by molar-refractivity contribution is 5.78. The smallest absolute Gasteiger partial charge is 0.225 e. The van der Waals surface area contributed by atoms with Crippen LogP contribution in [0.5, 0.6) is 0 Å². The van der Waals surface area contributed by atoms with Crippen LogP contribution in [-0.2, 0) is 9.53 Å². The molecule has 4 heteroatoms. The van der Waals surface area contributed by atoms with Crippen molar-refractivity contribution in [3.63, 3.8) is 0 Å². The Kier molecular flexibility index (Phi) is 3.50. The van der Waals surface area contributed by atoms with Crippen LogP contribution in [0, 0.1) is 0 Å². The molecule has 0 bridgehead atoms. The molecule has 0 aromatic carbocycles. The van der Waals surface area contributed by atoms with Crippen molar-refractivity contribution in [1.82, 2.24) is 4.90 Å². The zero-order valence-corrected chi connectivity index (χ0v) is 9.95. The zero-order chi connectivity index (χ0) is 11.6. The molecule has 0 spiro atoms. The Balaban J connectivity index is 1.73. The predicted molar refractivity (Wildman–Crippen MR) is 60.0 cm³/mol. The van der Waals surface area contributed by atoms with Crippen molar-refractivity contribution in [1.29, 1.82) is 0 Å². The molecule has 2 saturated heterocycles. The number of carbonyl (C=O) groups excluding carboxylic acids is 1. The molecular formula is C12H21NO3. The van der Waals surface area contributed by atoms with Gasteiger partial charge in [-0.15, -0.1) is 0 Å². The average molecular weight is 227 g/mol. The van der Waals surface area contributed by atoms with Crippen molar-refractivity contribution in [2.24, 2.45) is 0 Å². The average Bonchev–Trinajstić information content (AvgIpc) is 2.26. The number of aliphatic hydroxyl groups is 1. The van der Waals surface area contributed by atoms with Crippen molar-refractivity contribution in [3.8, 4) is 0 Å². The van der Waals surface area contributed by atoms with Gasteiger partial charge in [0.25, 0.3) is 0 Å². The maximum atomic E-state index is 11.8. The van der Waals surface area contributed by atoms with Crippen molar-refractivity contribution in [3.05, 3.63) is 0 Å². The molecular weight excluding hydrogens is 206 g/mol. The van der Waals surface area contributed by atoms with Gasteiger partial charge >= 0.3 is 0 Å². The highest BCUT2D eigenvalue weighted by atomic mass is 16.5. The summed E-state index contributed by atoms with van der Waals surface area (Å²) in [6.45, 7) is 3.73. The number of hydrogen-bond acceptors (Lipinski definition) is 3. The van der Waals surface area contributed by atoms with E-state index in [4.69, 9.17) is 4.74 Å². The predicted octanol–water partition coefficient (Wildman–Crippen LogP) is 0.929. The summed E-state index contributed by atoms with van der Waals surface area (Å²) in [7, 11) is 0. The summed E-state index contributed by atoms with van der Waals surface area (Å²) in [6, 6.07) is 0. The van der Waals surface area contributed by atoms with Crippen molar-refractivity contribution >= 4 is 5.91 Å². The Morgan fingerprint density at radius 3 is 2.81 bits per heavy atom. The molecule has 1 amide bonds. The van der Waals surface area contributed by atoms with E-state index in [9.17, 15) is 9.90 Å². The third kappa shape index (κ3) is 2.55. The van der Waals surface area contributed by atoms with E-state index in [0.717, 1.165) is 32.3 Å². The third-order valence-electron chi connectivity index (χ3n) is 3.66. The number of hydrogen-bond donors (Lipinski definition) is 1. The lowest BCUT2D eigenvalue weighted by Crippen LogP contribution is -2.63. The quantitative estimate of drug-likeness (QED) is 0.780. The summed E-state index contributed by atoms with van der Waals surface area (Å²) in [6.07, 6.45) is 4.59. The van der Waals surface area contributed by atoms with Gasteiger partial charge in [0, 0.05) is 6.61 Å². The van der Waals surface area contributed by atoms with E-state index in [1.807, 2.05) is 6.92 Å². The van der Waals surface area contributed by atoms with Crippen LogP contribution in [0.15, 0.2) is 0 Å². The molecule has 0 radical (unpaired) electrons. The maximum absolute atomic E-state index is 11.8. The van der Waals surface area contributed by atoms with Gasteiger partial charge in [0.05, 0.1) is 31.2 Å². The Morgan fingerprint density at radius 1 is 1.50 bits per heavy atom. The maximum Gasteiger partial charge on any atom is 0.225 e. The number of nitrogens with zero attached hydrogens (tertiary/aromatic N) is 1. The van der Waals surface area contributed by atoms with Gasteiger partial charge in [-0.05, 0) is 25.7 Å². The first-order valence-corrected chi connectivity index (χ1v) is 6.25. The van der Waals surface area contributed by atoms with Crippen molar-refractivity contribution in [2.75, 3.05) is 19.7 Å². The summed E-state index contributed by atoms with van der Waals surface area (Å²) < 4.78 is 5.54. The fourth-order valence-corrected chi connectivity index (χ4v) is 2.36. The van der Waals surface area contributed by atoms with E-state index >= 15 is 0 Å². The Labute approximate surface area is 96.6 Å². The second-order valence-corrected chi connectivity index (χ2v) is 5.02.